The first kappa shape index (κ1) is 26.6. The van der Waals surface area contributed by atoms with E-state index in [9.17, 15) is 20.4 Å². The molecule has 8 nitrogen and oxygen atoms in total. The average molecular weight is 499 g/mol. The fraction of sp³-hybridized carbons (Fsp3) is 0.500. The van der Waals surface area contributed by atoms with Gasteiger partial charge in [-0.15, -0.1) is 0 Å². The van der Waals surface area contributed by atoms with Crippen LogP contribution in [0.25, 0.3) is 5.57 Å². The van der Waals surface area contributed by atoms with Crippen molar-refractivity contribution in [3.63, 3.8) is 0 Å². The van der Waals surface area contributed by atoms with Crippen molar-refractivity contribution in [2.24, 2.45) is 0 Å². The number of anilines is 1. The summed E-state index contributed by atoms with van der Waals surface area (Å²) in [5.41, 5.74) is 5.84. The molecule has 36 heavy (non-hydrogen) atoms. The third-order valence-corrected chi connectivity index (χ3v) is 7.15. The van der Waals surface area contributed by atoms with E-state index >= 15 is 0 Å². The van der Waals surface area contributed by atoms with E-state index in [1.807, 2.05) is 11.0 Å². The first-order valence-electron chi connectivity index (χ1n) is 12.7. The van der Waals surface area contributed by atoms with Gasteiger partial charge in [0.2, 0.25) is 0 Å². The summed E-state index contributed by atoms with van der Waals surface area (Å²) in [7, 11) is 1.69. The van der Waals surface area contributed by atoms with Gasteiger partial charge in [-0.05, 0) is 53.7 Å². The molecule has 8 heteroatoms. The first-order valence-corrected chi connectivity index (χ1v) is 12.7. The Labute approximate surface area is 212 Å². The van der Waals surface area contributed by atoms with Gasteiger partial charge in [-0.2, -0.15) is 0 Å². The maximum atomic E-state index is 10.2. The predicted molar refractivity (Wildman–Crippen MR) is 139 cm³/mol. The molecular formula is C28H38N2O6. The largest absolute Gasteiger partial charge is 0.497 e. The van der Waals surface area contributed by atoms with Crippen LogP contribution in [0.3, 0.4) is 0 Å². The van der Waals surface area contributed by atoms with Crippen molar-refractivity contribution in [2.75, 3.05) is 51.9 Å². The Morgan fingerprint density at radius 3 is 2.44 bits per heavy atom. The molecule has 2 aromatic rings. The highest BCUT2D eigenvalue weighted by atomic mass is 16.5. The van der Waals surface area contributed by atoms with E-state index in [4.69, 9.17) is 9.47 Å². The van der Waals surface area contributed by atoms with E-state index in [2.05, 4.69) is 47.8 Å². The van der Waals surface area contributed by atoms with Crippen LogP contribution in [0.1, 0.15) is 23.1 Å². The van der Waals surface area contributed by atoms with Crippen LogP contribution in [0.15, 0.2) is 48.5 Å². The molecule has 0 aromatic heterocycles. The lowest BCUT2D eigenvalue weighted by Crippen LogP contribution is -2.62. The van der Waals surface area contributed by atoms with Crippen molar-refractivity contribution in [3.05, 3.63) is 65.2 Å². The molecule has 2 heterocycles. The number of aliphatic hydroxyl groups is 4. The van der Waals surface area contributed by atoms with Crippen LogP contribution in [0.4, 0.5) is 5.69 Å². The molecule has 0 aliphatic carbocycles. The Morgan fingerprint density at radius 2 is 1.78 bits per heavy atom. The van der Waals surface area contributed by atoms with Gasteiger partial charge in [0.15, 0.2) is 0 Å². The SMILES string of the molecule is COc1cc(NCCc2ccc(CCN3C[C@H](O)[C@@H](O)[C@H](O)[C@H]3CO)cc2)cc(C2=CCOCC2)c1. The Morgan fingerprint density at radius 1 is 1.03 bits per heavy atom. The Hall–Kier alpha value is -2.46. The van der Waals surface area contributed by atoms with Gasteiger partial charge in [0.05, 0.1) is 39.1 Å². The second kappa shape index (κ2) is 12.7. The van der Waals surface area contributed by atoms with Crippen LogP contribution in [0.5, 0.6) is 5.75 Å². The zero-order valence-electron chi connectivity index (χ0n) is 20.8. The van der Waals surface area contributed by atoms with Gasteiger partial charge in [0.1, 0.15) is 18.0 Å². The fourth-order valence-electron chi connectivity index (χ4n) is 4.93. The minimum Gasteiger partial charge on any atom is -0.497 e. The molecule has 2 aromatic carbocycles. The molecule has 196 valence electrons. The van der Waals surface area contributed by atoms with E-state index in [0.29, 0.717) is 13.2 Å². The summed E-state index contributed by atoms with van der Waals surface area (Å²) in [5.74, 6) is 0.832. The van der Waals surface area contributed by atoms with Crippen LogP contribution in [0.2, 0.25) is 0 Å². The van der Waals surface area contributed by atoms with Crippen LogP contribution < -0.4 is 10.1 Å². The van der Waals surface area contributed by atoms with E-state index < -0.39 is 24.4 Å². The number of benzene rings is 2. The predicted octanol–water partition coefficient (Wildman–Crippen LogP) is 1.46. The number of rotatable bonds is 10. The van der Waals surface area contributed by atoms with Gasteiger partial charge in [0, 0.05) is 31.4 Å². The molecule has 0 saturated carbocycles. The number of ether oxygens (including phenoxy) is 2. The molecular weight excluding hydrogens is 460 g/mol. The van der Waals surface area contributed by atoms with Crippen LogP contribution in [-0.2, 0) is 17.6 Å². The fourth-order valence-corrected chi connectivity index (χ4v) is 4.93. The summed E-state index contributed by atoms with van der Waals surface area (Å²) in [4.78, 5) is 1.85. The molecule has 0 bridgehead atoms. The lowest BCUT2D eigenvalue weighted by molar-refractivity contribution is -0.144. The lowest BCUT2D eigenvalue weighted by atomic mass is 9.93. The minimum absolute atomic E-state index is 0.226. The van der Waals surface area contributed by atoms with E-state index in [1.54, 1.807) is 7.11 Å². The number of hydrogen-bond acceptors (Lipinski definition) is 8. The number of methoxy groups -OCH3 is 1. The maximum Gasteiger partial charge on any atom is 0.121 e. The van der Waals surface area contributed by atoms with Crippen LogP contribution in [0, 0.1) is 0 Å². The van der Waals surface area contributed by atoms with E-state index in [1.165, 1.54) is 11.1 Å². The van der Waals surface area contributed by atoms with Crippen molar-refractivity contribution in [1.29, 1.82) is 0 Å². The summed E-state index contributed by atoms with van der Waals surface area (Å²) in [6, 6.07) is 14.1. The van der Waals surface area contributed by atoms with E-state index in [0.717, 1.165) is 55.0 Å². The highest BCUT2D eigenvalue weighted by Gasteiger charge is 2.40. The Kier molecular flexibility index (Phi) is 9.36. The number of nitrogens with zero attached hydrogens (tertiary/aromatic N) is 1. The standard InChI is InChI=1S/C28H38N2O6/c1-35-24-15-22(21-8-12-36-13-9-21)14-23(16-24)29-10-6-19-2-4-20(5-3-19)7-11-30-17-26(32)28(34)27(33)25(30)18-31/h2-5,8,14-16,25-29,31-34H,6-7,9-13,17-18H2,1H3/t25-,26+,27-,28-/m1/s1. The topological polar surface area (TPSA) is 115 Å². The van der Waals surface area contributed by atoms with Gasteiger partial charge < -0.3 is 35.2 Å². The zero-order chi connectivity index (χ0) is 25.5. The normalized spacial score (nSPS) is 24.9. The molecule has 0 spiro atoms. The minimum atomic E-state index is -1.23. The number of hydrogen-bond donors (Lipinski definition) is 5. The molecule has 1 fully saturated rings. The van der Waals surface area contributed by atoms with E-state index in [-0.39, 0.29) is 13.2 Å². The number of likely N-dealkylation sites (tertiary alicyclic amines) is 1. The number of nitrogens with one attached hydrogen (secondary N) is 1. The number of aliphatic hydroxyl groups excluding tert-OH is 4. The molecule has 2 aliphatic rings. The highest BCUT2D eigenvalue weighted by Crippen LogP contribution is 2.29. The smallest absolute Gasteiger partial charge is 0.121 e. The van der Waals surface area contributed by atoms with Gasteiger partial charge in [0.25, 0.3) is 0 Å². The molecule has 0 amide bonds. The number of β-amino-alcohol motifs (C(OH)–C–C–N with tert-alkyl or cyclic N) is 1. The van der Waals surface area contributed by atoms with Crippen molar-refractivity contribution in [1.82, 2.24) is 4.90 Å². The molecule has 4 rings (SSSR count). The maximum absolute atomic E-state index is 10.2. The second-order valence-corrected chi connectivity index (χ2v) is 9.54. The molecule has 4 atom stereocenters. The van der Waals surface area contributed by atoms with Gasteiger partial charge in [-0.25, -0.2) is 0 Å². The summed E-state index contributed by atoms with van der Waals surface area (Å²) in [6.45, 7) is 2.72. The summed E-state index contributed by atoms with van der Waals surface area (Å²) < 4.78 is 10.9. The van der Waals surface area contributed by atoms with Gasteiger partial charge in [-0.3, -0.25) is 4.90 Å². The average Bonchev–Trinajstić information content (AvgIpc) is 2.91. The summed E-state index contributed by atoms with van der Waals surface area (Å²) in [6.07, 6.45) is 1.21. The van der Waals surface area contributed by atoms with Crippen LogP contribution in [-0.4, -0.2) is 96.2 Å². The summed E-state index contributed by atoms with van der Waals surface area (Å²) >= 11 is 0. The highest BCUT2D eigenvalue weighted by molar-refractivity contribution is 5.71. The van der Waals surface area contributed by atoms with Crippen molar-refractivity contribution in [2.45, 2.75) is 43.6 Å². The van der Waals surface area contributed by atoms with Crippen molar-refractivity contribution < 1.29 is 29.9 Å². The van der Waals surface area contributed by atoms with Crippen LogP contribution >= 0.6 is 0 Å². The molecule has 2 aliphatic heterocycles. The van der Waals surface area contributed by atoms with Gasteiger partial charge >= 0.3 is 0 Å². The van der Waals surface area contributed by atoms with Gasteiger partial charge in [-0.1, -0.05) is 30.3 Å². The number of piperidine rings is 1. The molecule has 5 N–H and O–H groups in total. The van der Waals surface area contributed by atoms with Crippen molar-refractivity contribution in [3.8, 4) is 5.75 Å². The van der Waals surface area contributed by atoms with Crippen molar-refractivity contribution >= 4 is 11.3 Å². The third-order valence-electron chi connectivity index (χ3n) is 7.15. The monoisotopic (exact) mass is 498 g/mol. The first-order chi connectivity index (χ1) is 17.5. The Bertz CT molecular complexity index is 1010. The molecule has 0 radical (unpaired) electrons. The Balaban J connectivity index is 1.29. The zero-order valence-corrected chi connectivity index (χ0v) is 20.8. The second-order valence-electron chi connectivity index (χ2n) is 9.54. The summed E-state index contributed by atoms with van der Waals surface area (Å²) in [5, 5.41) is 43.2. The lowest BCUT2D eigenvalue weighted by Gasteiger charge is -2.43. The molecule has 0 unspecified atom stereocenters. The molecule has 1 saturated heterocycles. The third kappa shape index (κ3) is 6.64. The quantitative estimate of drug-likeness (QED) is 0.335.